The highest BCUT2D eigenvalue weighted by molar-refractivity contribution is 6.31. The van der Waals surface area contributed by atoms with Gasteiger partial charge in [0.1, 0.15) is 18.0 Å². The van der Waals surface area contributed by atoms with Gasteiger partial charge in [-0.05, 0) is 43.0 Å². The number of hydrogen-bond acceptors (Lipinski definition) is 4. The van der Waals surface area contributed by atoms with Gasteiger partial charge >= 0.3 is 0 Å². The molecule has 2 amide bonds. The minimum Gasteiger partial charge on any atom is -0.490 e. The molecule has 2 aliphatic rings. The van der Waals surface area contributed by atoms with Crippen molar-refractivity contribution in [1.29, 1.82) is 0 Å². The number of amides is 2. The van der Waals surface area contributed by atoms with Crippen LogP contribution in [0.25, 0.3) is 0 Å². The second-order valence-corrected chi connectivity index (χ2v) is 9.24. The summed E-state index contributed by atoms with van der Waals surface area (Å²) in [7, 11) is 0. The summed E-state index contributed by atoms with van der Waals surface area (Å²) in [5.41, 5.74) is -0.0927. The van der Waals surface area contributed by atoms with Crippen LogP contribution in [-0.4, -0.2) is 66.6 Å². The lowest BCUT2D eigenvalue weighted by Gasteiger charge is -2.43. The zero-order chi connectivity index (χ0) is 23.1. The molecule has 2 heterocycles. The number of para-hydroxylation sites is 1. The molecule has 0 radical (unpaired) electrons. The van der Waals surface area contributed by atoms with E-state index in [1.807, 2.05) is 53.4 Å². The van der Waals surface area contributed by atoms with Crippen LogP contribution in [0, 0.1) is 0 Å². The predicted octanol–water partition coefficient (Wildman–Crippen LogP) is 3.96. The van der Waals surface area contributed by atoms with Crippen LogP contribution in [0.4, 0.5) is 0 Å². The number of nitrogens with zero attached hydrogens (tertiary/aromatic N) is 2. The molecule has 0 aromatic heterocycles. The van der Waals surface area contributed by atoms with E-state index in [1.54, 1.807) is 11.0 Å². The van der Waals surface area contributed by atoms with E-state index < -0.39 is 5.60 Å². The topological polar surface area (TPSA) is 59.1 Å². The Morgan fingerprint density at radius 1 is 0.909 bits per heavy atom. The second-order valence-electron chi connectivity index (χ2n) is 8.83. The van der Waals surface area contributed by atoms with Crippen LogP contribution in [0.5, 0.6) is 5.75 Å². The number of piperidine rings is 1. The molecular formula is C26H31ClN2O4. The molecule has 6 nitrogen and oxygen atoms in total. The maximum Gasteiger partial charge on any atom is 0.227 e. The molecule has 0 N–H and O–H groups in total. The lowest BCUT2D eigenvalue weighted by atomic mass is 9.95. The highest BCUT2D eigenvalue weighted by Crippen LogP contribution is 2.27. The molecule has 0 unspecified atom stereocenters. The quantitative estimate of drug-likeness (QED) is 0.614. The molecule has 0 saturated carbocycles. The predicted molar refractivity (Wildman–Crippen MR) is 127 cm³/mol. The fourth-order valence-corrected chi connectivity index (χ4v) is 4.68. The molecule has 1 atom stereocenters. The number of likely N-dealkylation sites (tertiary alicyclic amines) is 1. The summed E-state index contributed by atoms with van der Waals surface area (Å²) in [5, 5.41) is 0.582. The molecular weight excluding hydrogens is 440 g/mol. The molecule has 2 aromatic carbocycles. The first-order valence-corrected chi connectivity index (χ1v) is 12.0. The number of rotatable bonds is 7. The maximum absolute atomic E-state index is 13.2. The van der Waals surface area contributed by atoms with Gasteiger partial charge in [0.25, 0.3) is 0 Å². The number of halogens is 1. The van der Waals surface area contributed by atoms with E-state index >= 15 is 0 Å². The normalized spacial score (nSPS) is 21.0. The van der Waals surface area contributed by atoms with Crippen molar-refractivity contribution in [2.75, 3.05) is 39.4 Å². The lowest BCUT2D eigenvalue weighted by Crippen LogP contribution is -2.58. The van der Waals surface area contributed by atoms with Gasteiger partial charge in [0.2, 0.25) is 11.8 Å². The molecule has 176 valence electrons. The maximum atomic E-state index is 13.2. The average Bonchev–Trinajstić information content (AvgIpc) is 2.85. The number of carbonyl (C=O) groups is 2. The fraction of sp³-hybridized carbons (Fsp3) is 0.462. The zero-order valence-corrected chi connectivity index (χ0v) is 19.6. The summed E-state index contributed by atoms with van der Waals surface area (Å²) in [4.78, 5) is 30.0. The number of ether oxygens (including phenoxy) is 2. The van der Waals surface area contributed by atoms with Crippen molar-refractivity contribution >= 4 is 23.4 Å². The molecule has 2 aliphatic heterocycles. The molecule has 4 rings (SSSR count). The van der Waals surface area contributed by atoms with Crippen LogP contribution in [0.1, 0.15) is 31.2 Å². The summed E-state index contributed by atoms with van der Waals surface area (Å²) < 4.78 is 12.3. The van der Waals surface area contributed by atoms with E-state index in [4.69, 9.17) is 21.1 Å². The molecule has 33 heavy (non-hydrogen) atoms. The molecule has 0 spiro atoms. The van der Waals surface area contributed by atoms with Gasteiger partial charge in [0, 0.05) is 24.7 Å². The number of hydrogen-bond donors (Lipinski definition) is 0. The van der Waals surface area contributed by atoms with E-state index in [9.17, 15) is 9.59 Å². The monoisotopic (exact) mass is 470 g/mol. The average molecular weight is 471 g/mol. The van der Waals surface area contributed by atoms with Gasteiger partial charge in [0.05, 0.1) is 26.0 Å². The minimum atomic E-state index is -0.890. The number of benzene rings is 2. The van der Waals surface area contributed by atoms with Crippen molar-refractivity contribution < 1.29 is 19.1 Å². The third kappa shape index (κ3) is 6.27. The van der Waals surface area contributed by atoms with Crippen molar-refractivity contribution in [2.24, 2.45) is 0 Å². The van der Waals surface area contributed by atoms with Gasteiger partial charge in [-0.3, -0.25) is 9.59 Å². The fourth-order valence-electron chi connectivity index (χ4n) is 4.48. The van der Waals surface area contributed by atoms with E-state index in [0.717, 1.165) is 37.9 Å². The summed E-state index contributed by atoms with van der Waals surface area (Å²) in [6, 6.07) is 16.9. The summed E-state index contributed by atoms with van der Waals surface area (Å²) in [6.45, 7) is 2.91. The van der Waals surface area contributed by atoms with Crippen LogP contribution < -0.4 is 4.74 Å². The van der Waals surface area contributed by atoms with Crippen molar-refractivity contribution in [3.8, 4) is 5.75 Å². The highest BCUT2D eigenvalue weighted by atomic mass is 35.5. The van der Waals surface area contributed by atoms with E-state index in [-0.39, 0.29) is 31.3 Å². The van der Waals surface area contributed by atoms with Crippen molar-refractivity contribution in [1.82, 2.24) is 9.80 Å². The largest absolute Gasteiger partial charge is 0.490 e. The molecule has 2 saturated heterocycles. The van der Waals surface area contributed by atoms with Crippen molar-refractivity contribution in [2.45, 2.75) is 37.7 Å². The molecule has 0 aliphatic carbocycles. The second kappa shape index (κ2) is 11.0. The van der Waals surface area contributed by atoms with Crippen LogP contribution in [0.2, 0.25) is 5.02 Å². The van der Waals surface area contributed by atoms with Crippen LogP contribution in [0.3, 0.4) is 0 Å². The zero-order valence-electron chi connectivity index (χ0n) is 18.9. The van der Waals surface area contributed by atoms with Crippen molar-refractivity contribution in [3.05, 3.63) is 65.2 Å². The Morgan fingerprint density at radius 3 is 2.39 bits per heavy atom. The Kier molecular flexibility index (Phi) is 7.89. The SMILES string of the molecule is O=C(C[C@]1(COc2ccccc2)CN(C(=O)Cc2ccccc2Cl)CCO1)N1CCCCC1. The molecule has 0 bridgehead atoms. The van der Waals surface area contributed by atoms with Crippen LogP contribution >= 0.6 is 11.6 Å². The van der Waals surface area contributed by atoms with Crippen LogP contribution in [0.15, 0.2) is 54.6 Å². The number of morpholine rings is 1. The smallest absolute Gasteiger partial charge is 0.227 e. The van der Waals surface area contributed by atoms with E-state index in [2.05, 4.69) is 0 Å². The Hall–Kier alpha value is -2.57. The first-order chi connectivity index (χ1) is 16.0. The molecule has 7 heteroatoms. The van der Waals surface area contributed by atoms with Gasteiger partial charge in [-0.2, -0.15) is 0 Å². The summed E-state index contributed by atoms with van der Waals surface area (Å²) in [5.74, 6) is 0.748. The first kappa shape index (κ1) is 23.6. The third-order valence-electron chi connectivity index (χ3n) is 6.33. The first-order valence-electron chi connectivity index (χ1n) is 11.7. The minimum absolute atomic E-state index is 0.0269. The lowest BCUT2D eigenvalue weighted by molar-refractivity contribution is -0.166. The Labute approximate surface area is 200 Å². The van der Waals surface area contributed by atoms with Gasteiger partial charge < -0.3 is 19.3 Å². The summed E-state index contributed by atoms with van der Waals surface area (Å²) in [6.07, 6.45) is 3.63. The van der Waals surface area contributed by atoms with Gasteiger partial charge in [-0.1, -0.05) is 48.0 Å². The Balaban J connectivity index is 1.49. The van der Waals surface area contributed by atoms with Crippen molar-refractivity contribution in [3.63, 3.8) is 0 Å². The van der Waals surface area contributed by atoms with Gasteiger partial charge in [-0.25, -0.2) is 0 Å². The van der Waals surface area contributed by atoms with E-state index in [0.29, 0.717) is 30.5 Å². The van der Waals surface area contributed by atoms with Crippen LogP contribution in [-0.2, 0) is 20.7 Å². The highest BCUT2D eigenvalue weighted by Gasteiger charge is 2.42. The van der Waals surface area contributed by atoms with E-state index in [1.165, 1.54) is 0 Å². The Bertz CT molecular complexity index is 948. The standard InChI is InChI=1S/C26H31ClN2O4/c27-23-12-6-5-9-21(23)17-24(30)29-15-16-33-26(19-29,20-32-22-10-3-1-4-11-22)18-25(31)28-13-7-2-8-14-28/h1,3-6,9-12H,2,7-8,13-20H2/t26-/m1/s1. The summed E-state index contributed by atoms with van der Waals surface area (Å²) >= 11 is 6.27. The third-order valence-corrected chi connectivity index (χ3v) is 6.70. The van der Waals surface area contributed by atoms with Gasteiger partial charge in [0.15, 0.2) is 0 Å². The molecule has 2 aromatic rings. The molecule has 2 fully saturated rings. The number of carbonyl (C=O) groups excluding carboxylic acids is 2. The Morgan fingerprint density at radius 2 is 1.64 bits per heavy atom. The van der Waals surface area contributed by atoms with Gasteiger partial charge in [-0.15, -0.1) is 0 Å².